The highest BCUT2D eigenvalue weighted by Crippen LogP contribution is 2.42. The molecule has 59 heavy (non-hydrogen) atoms. The van der Waals surface area contributed by atoms with Crippen LogP contribution in [0, 0.1) is 0 Å². The standard InChI is InChI=1S/C54H32BN3O/c1-2-13-33(14-3-1)34-25-28-51-43(29-34)55-44-32-36(57-47-21-10-6-17-39(47)40-18-7-11-22-48(40)57)31-42-41-30-35(56-45-19-8-4-15-37(45)38-16-5-9-20-46(38)56)26-27-49(41)58(54(42)44)50-23-12-24-52(59-51)53(50)55/h1-32H. The van der Waals surface area contributed by atoms with E-state index in [1.165, 1.54) is 98.6 Å². The lowest BCUT2D eigenvalue weighted by Gasteiger charge is -2.33. The van der Waals surface area contributed by atoms with Gasteiger partial charge in [0.05, 0.1) is 27.6 Å². The Morgan fingerprint density at radius 3 is 1.58 bits per heavy atom. The fraction of sp³-hybridized carbons (Fsp3) is 0. The van der Waals surface area contributed by atoms with Crippen molar-refractivity contribution in [3.8, 4) is 39.7 Å². The van der Waals surface area contributed by atoms with Gasteiger partial charge in [-0.25, -0.2) is 0 Å². The van der Waals surface area contributed by atoms with Gasteiger partial charge in [-0.05, 0) is 100 Å². The lowest BCUT2D eigenvalue weighted by molar-refractivity contribution is 0.487. The van der Waals surface area contributed by atoms with Crippen molar-refractivity contribution in [2.45, 2.75) is 0 Å². The minimum atomic E-state index is -0.0437. The normalized spacial score (nSPS) is 12.8. The molecule has 0 aliphatic carbocycles. The van der Waals surface area contributed by atoms with Gasteiger partial charge in [0.1, 0.15) is 11.5 Å². The van der Waals surface area contributed by atoms with E-state index in [-0.39, 0.29) is 6.71 Å². The summed E-state index contributed by atoms with van der Waals surface area (Å²) >= 11 is 0. The van der Waals surface area contributed by atoms with Gasteiger partial charge < -0.3 is 18.4 Å². The van der Waals surface area contributed by atoms with E-state index in [9.17, 15) is 0 Å². The average molecular weight is 750 g/mol. The molecule has 0 unspecified atom stereocenters. The summed E-state index contributed by atoms with van der Waals surface area (Å²) in [6.07, 6.45) is 0. The van der Waals surface area contributed by atoms with E-state index in [2.05, 4.69) is 208 Å². The largest absolute Gasteiger partial charge is 0.458 e. The second kappa shape index (κ2) is 11.4. The number of rotatable bonds is 3. The zero-order valence-electron chi connectivity index (χ0n) is 31.8. The molecular weight excluding hydrogens is 717 g/mol. The van der Waals surface area contributed by atoms with Crippen molar-refractivity contribution in [2.75, 3.05) is 0 Å². The van der Waals surface area contributed by atoms with Crippen molar-refractivity contribution in [1.82, 2.24) is 13.7 Å². The number of benzene rings is 9. The molecule has 2 aliphatic rings. The number of hydrogen-bond acceptors (Lipinski definition) is 1. The predicted octanol–water partition coefficient (Wildman–Crippen LogP) is 11.6. The zero-order valence-corrected chi connectivity index (χ0v) is 31.8. The Balaban J connectivity index is 1.13. The Morgan fingerprint density at radius 2 is 0.915 bits per heavy atom. The van der Waals surface area contributed by atoms with E-state index >= 15 is 0 Å². The summed E-state index contributed by atoms with van der Waals surface area (Å²) in [6, 6.07) is 71.2. The Morgan fingerprint density at radius 1 is 0.339 bits per heavy atom. The number of aromatic nitrogens is 3. The molecule has 4 nitrogen and oxygen atoms in total. The predicted molar refractivity (Wildman–Crippen MR) is 246 cm³/mol. The first kappa shape index (κ1) is 31.3. The minimum absolute atomic E-state index is 0.0437. The number of hydrogen-bond donors (Lipinski definition) is 0. The summed E-state index contributed by atoms with van der Waals surface area (Å²) in [5.41, 5.74) is 16.8. The molecule has 12 aromatic rings. The van der Waals surface area contributed by atoms with Crippen molar-refractivity contribution in [3.05, 3.63) is 194 Å². The molecule has 2 aliphatic heterocycles. The third-order valence-corrected chi connectivity index (χ3v) is 13.1. The van der Waals surface area contributed by atoms with Crippen molar-refractivity contribution in [1.29, 1.82) is 0 Å². The molecule has 0 saturated carbocycles. The molecule has 0 fully saturated rings. The van der Waals surface area contributed by atoms with E-state index in [1.54, 1.807) is 0 Å². The maximum Gasteiger partial charge on any atom is 0.256 e. The van der Waals surface area contributed by atoms with E-state index in [0.29, 0.717) is 0 Å². The monoisotopic (exact) mass is 749 g/mol. The van der Waals surface area contributed by atoms with Crippen LogP contribution in [0.25, 0.3) is 93.6 Å². The van der Waals surface area contributed by atoms with Crippen LogP contribution in [0.15, 0.2) is 194 Å². The average Bonchev–Trinajstić information content (AvgIpc) is 3.94. The first-order valence-corrected chi connectivity index (χ1v) is 20.4. The van der Waals surface area contributed by atoms with Crippen LogP contribution in [0.1, 0.15) is 0 Å². The van der Waals surface area contributed by atoms with Crippen molar-refractivity contribution in [3.63, 3.8) is 0 Å². The molecule has 0 N–H and O–H groups in total. The van der Waals surface area contributed by atoms with Crippen molar-refractivity contribution >= 4 is 88.5 Å². The van der Waals surface area contributed by atoms with E-state index < -0.39 is 0 Å². The van der Waals surface area contributed by atoms with Gasteiger partial charge in [0.15, 0.2) is 0 Å². The Labute approximate surface area is 339 Å². The molecule has 3 aromatic heterocycles. The van der Waals surface area contributed by atoms with Gasteiger partial charge in [0, 0.05) is 54.9 Å². The van der Waals surface area contributed by atoms with E-state index in [4.69, 9.17) is 4.74 Å². The number of para-hydroxylation sites is 4. The second-order valence-electron chi connectivity index (χ2n) is 16.1. The van der Waals surface area contributed by atoms with Crippen LogP contribution < -0.4 is 21.1 Å². The molecule has 5 heteroatoms. The Bertz CT molecular complexity index is 3670. The zero-order chi connectivity index (χ0) is 38.3. The molecule has 0 saturated heterocycles. The van der Waals surface area contributed by atoms with Gasteiger partial charge >= 0.3 is 0 Å². The van der Waals surface area contributed by atoms with Gasteiger partial charge in [-0.2, -0.15) is 0 Å². The molecule has 5 heterocycles. The van der Waals surface area contributed by atoms with Gasteiger partial charge in [-0.1, -0.05) is 121 Å². The van der Waals surface area contributed by atoms with Crippen molar-refractivity contribution < 1.29 is 4.74 Å². The fourth-order valence-corrected chi connectivity index (χ4v) is 10.7. The molecule has 0 atom stereocenters. The van der Waals surface area contributed by atoms with Crippen LogP contribution in [0.5, 0.6) is 11.5 Å². The quantitative estimate of drug-likeness (QED) is 0.165. The minimum Gasteiger partial charge on any atom is -0.458 e. The lowest BCUT2D eigenvalue weighted by atomic mass is 9.34. The smallest absolute Gasteiger partial charge is 0.256 e. The summed E-state index contributed by atoms with van der Waals surface area (Å²) in [4.78, 5) is 0. The number of nitrogens with zero attached hydrogens (tertiary/aromatic N) is 3. The fourth-order valence-electron chi connectivity index (χ4n) is 10.7. The molecule has 0 amide bonds. The van der Waals surface area contributed by atoms with Crippen molar-refractivity contribution in [2.24, 2.45) is 0 Å². The van der Waals surface area contributed by atoms with Gasteiger partial charge in [0.2, 0.25) is 0 Å². The van der Waals surface area contributed by atoms with E-state index in [1.807, 2.05) is 0 Å². The first-order valence-electron chi connectivity index (χ1n) is 20.4. The maximum atomic E-state index is 6.86. The highest BCUT2D eigenvalue weighted by molar-refractivity contribution is 6.99. The summed E-state index contributed by atoms with van der Waals surface area (Å²) in [6.45, 7) is -0.0437. The molecular formula is C54H32BN3O. The summed E-state index contributed by atoms with van der Waals surface area (Å²) in [7, 11) is 0. The third kappa shape index (κ3) is 4.13. The number of ether oxygens (including phenoxy) is 1. The first-order chi connectivity index (χ1) is 29.3. The van der Waals surface area contributed by atoms with Gasteiger partial charge in [-0.15, -0.1) is 0 Å². The Hall–Kier alpha value is -7.76. The summed E-state index contributed by atoms with van der Waals surface area (Å²) in [5, 5.41) is 7.49. The van der Waals surface area contributed by atoms with Crippen LogP contribution in [-0.2, 0) is 0 Å². The summed E-state index contributed by atoms with van der Waals surface area (Å²) < 4.78 is 14.3. The van der Waals surface area contributed by atoms with Gasteiger partial charge in [-0.3, -0.25) is 0 Å². The lowest BCUT2D eigenvalue weighted by Crippen LogP contribution is -2.58. The van der Waals surface area contributed by atoms with Crippen LogP contribution >= 0.6 is 0 Å². The molecule has 14 rings (SSSR count). The molecule has 0 spiro atoms. The molecule has 0 radical (unpaired) electrons. The van der Waals surface area contributed by atoms with Gasteiger partial charge in [0.25, 0.3) is 6.71 Å². The van der Waals surface area contributed by atoms with Crippen LogP contribution in [0.2, 0.25) is 0 Å². The van der Waals surface area contributed by atoms with E-state index in [0.717, 1.165) is 22.9 Å². The molecule has 0 bridgehead atoms. The highest BCUT2D eigenvalue weighted by Gasteiger charge is 2.41. The van der Waals surface area contributed by atoms with Crippen LogP contribution in [0.4, 0.5) is 0 Å². The summed E-state index contributed by atoms with van der Waals surface area (Å²) in [5.74, 6) is 1.82. The molecule has 9 aromatic carbocycles. The number of fused-ring (bicyclic) bond motifs is 13. The maximum absolute atomic E-state index is 6.86. The van der Waals surface area contributed by atoms with Crippen LogP contribution in [-0.4, -0.2) is 20.4 Å². The van der Waals surface area contributed by atoms with Crippen LogP contribution in [0.3, 0.4) is 0 Å². The topological polar surface area (TPSA) is 24.0 Å². The Kier molecular flexibility index (Phi) is 6.07. The molecule has 272 valence electrons. The highest BCUT2D eigenvalue weighted by atomic mass is 16.5. The third-order valence-electron chi connectivity index (χ3n) is 13.1. The second-order valence-corrected chi connectivity index (χ2v) is 16.1. The SMILES string of the molecule is c1ccc(-c2ccc3c(c2)B2c4c(cccc4-n4c5ccc(-n6c7ccccc7c7ccccc76)cc5c5cc(-n6c7ccccc7c7ccccc76)cc2c54)O3)cc1.